The second-order valence-electron chi connectivity index (χ2n) is 8.61. The number of carbonyl (C=O) groups excluding carboxylic acids is 4. The van der Waals surface area contributed by atoms with Crippen LogP contribution in [0.15, 0.2) is 64.8 Å². The predicted octanol–water partition coefficient (Wildman–Crippen LogP) is 3.57. The summed E-state index contributed by atoms with van der Waals surface area (Å²) in [6.45, 7) is 4.00. The minimum atomic E-state index is -1.01. The summed E-state index contributed by atoms with van der Waals surface area (Å²) < 4.78 is 15.5. The number of nitrogens with one attached hydrogen (secondary N) is 1. The zero-order valence-corrected chi connectivity index (χ0v) is 21.8. The molecule has 0 aromatic heterocycles. The summed E-state index contributed by atoms with van der Waals surface area (Å²) in [4.78, 5) is 64.5. The Morgan fingerprint density at radius 2 is 1.64 bits per heavy atom. The van der Waals surface area contributed by atoms with Crippen molar-refractivity contribution in [3.63, 3.8) is 0 Å². The maximum absolute atomic E-state index is 13.2. The van der Waals surface area contributed by atoms with Crippen LogP contribution in [0.4, 0.5) is 11.4 Å². The Kier molecular flexibility index (Phi) is 9.26. The Morgan fingerprint density at radius 3 is 2.23 bits per heavy atom. The molecule has 12 heteroatoms. The van der Waals surface area contributed by atoms with Crippen LogP contribution in [0.25, 0.3) is 0 Å². The van der Waals surface area contributed by atoms with Crippen LogP contribution in [0.3, 0.4) is 0 Å². The third kappa shape index (κ3) is 6.92. The fourth-order valence-electron chi connectivity index (χ4n) is 4.25. The number of amides is 1. The van der Waals surface area contributed by atoms with E-state index in [0.717, 1.165) is 0 Å². The Hall–Kier alpha value is -4.87. The van der Waals surface area contributed by atoms with E-state index in [0.29, 0.717) is 17.0 Å². The normalized spacial score (nSPS) is 16.6. The van der Waals surface area contributed by atoms with Crippen molar-refractivity contribution in [3.8, 4) is 0 Å². The van der Waals surface area contributed by atoms with Crippen molar-refractivity contribution in [2.75, 3.05) is 25.6 Å². The highest BCUT2D eigenvalue weighted by molar-refractivity contribution is 6.07. The average molecular weight is 538 g/mol. The molecule has 1 N–H and O–H groups in total. The van der Waals surface area contributed by atoms with Gasteiger partial charge >= 0.3 is 17.9 Å². The molecule has 0 bridgehead atoms. The zero-order chi connectivity index (χ0) is 28.7. The maximum atomic E-state index is 13.2. The highest BCUT2D eigenvalue weighted by Crippen LogP contribution is 2.40. The van der Waals surface area contributed by atoms with Gasteiger partial charge in [-0.1, -0.05) is 12.1 Å². The summed E-state index contributed by atoms with van der Waals surface area (Å²) in [7, 11) is 1.20. The molecule has 2 atom stereocenters. The molecule has 1 aliphatic rings. The molecule has 1 unspecified atom stereocenters. The zero-order valence-electron chi connectivity index (χ0n) is 21.8. The number of non-ortho nitro benzene ring substituents is 1. The molecule has 0 radical (unpaired) electrons. The van der Waals surface area contributed by atoms with Crippen LogP contribution >= 0.6 is 0 Å². The third-order valence-electron chi connectivity index (χ3n) is 5.93. The van der Waals surface area contributed by atoms with Gasteiger partial charge in [0.05, 0.1) is 23.2 Å². The van der Waals surface area contributed by atoms with Crippen LogP contribution in [-0.4, -0.2) is 54.8 Å². The van der Waals surface area contributed by atoms with Crippen molar-refractivity contribution in [2.24, 2.45) is 10.9 Å². The number of aliphatic imine (C=N–C) groups is 1. The Balaban J connectivity index is 1.75. The number of benzene rings is 2. The second-order valence-corrected chi connectivity index (χ2v) is 8.61. The van der Waals surface area contributed by atoms with E-state index >= 15 is 0 Å². The molecule has 0 aliphatic carbocycles. The van der Waals surface area contributed by atoms with Crippen LogP contribution in [0.2, 0.25) is 0 Å². The molecule has 39 heavy (non-hydrogen) atoms. The Labute approximate surface area is 223 Å². The molecule has 1 amide bonds. The first kappa shape index (κ1) is 28.7. The number of carbonyl (C=O) groups is 4. The summed E-state index contributed by atoms with van der Waals surface area (Å²) >= 11 is 0. The van der Waals surface area contributed by atoms with Gasteiger partial charge in [0.15, 0.2) is 0 Å². The third-order valence-corrected chi connectivity index (χ3v) is 5.93. The number of esters is 3. The molecule has 1 heterocycles. The van der Waals surface area contributed by atoms with Gasteiger partial charge < -0.3 is 19.5 Å². The monoisotopic (exact) mass is 537 g/mol. The molecule has 0 spiro atoms. The largest absolute Gasteiger partial charge is 0.468 e. The van der Waals surface area contributed by atoms with Crippen molar-refractivity contribution in [2.45, 2.75) is 26.7 Å². The number of hydrogen-bond acceptors (Lipinski definition) is 10. The lowest BCUT2D eigenvalue weighted by Gasteiger charge is -2.31. The fraction of sp³-hybridized carbons (Fsp3) is 0.296. The molecule has 0 fully saturated rings. The fourth-order valence-corrected chi connectivity index (χ4v) is 4.25. The lowest BCUT2D eigenvalue weighted by Crippen LogP contribution is -2.36. The molecule has 12 nitrogen and oxygen atoms in total. The van der Waals surface area contributed by atoms with E-state index in [1.165, 1.54) is 44.4 Å². The Bertz CT molecular complexity index is 1360. The van der Waals surface area contributed by atoms with Crippen LogP contribution in [-0.2, 0) is 28.6 Å². The van der Waals surface area contributed by atoms with Crippen molar-refractivity contribution in [3.05, 3.63) is 81.0 Å². The molecule has 3 rings (SSSR count). The highest BCUT2D eigenvalue weighted by Gasteiger charge is 2.42. The smallest absolute Gasteiger partial charge is 0.338 e. The minimum Gasteiger partial charge on any atom is -0.468 e. The Morgan fingerprint density at radius 1 is 1.00 bits per heavy atom. The highest BCUT2D eigenvalue weighted by atomic mass is 16.6. The molecule has 204 valence electrons. The van der Waals surface area contributed by atoms with Crippen molar-refractivity contribution < 1.29 is 38.3 Å². The number of nitro benzene ring substituents is 1. The van der Waals surface area contributed by atoms with Crippen molar-refractivity contribution in [1.29, 1.82) is 0 Å². The summed E-state index contributed by atoms with van der Waals surface area (Å²) in [6, 6.07) is 11.7. The van der Waals surface area contributed by atoms with Gasteiger partial charge in [0, 0.05) is 42.1 Å². The van der Waals surface area contributed by atoms with Gasteiger partial charge in [0.1, 0.15) is 19.1 Å². The molecular weight excluding hydrogens is 510 g/mol. The number of ether oxygens (including phenoxy) is 3. The number of rotatable bonds is 9. The number of allylic oxidation sites excluding steroid dienone is 1. The van der Waals surface area contributed by atoms with Crippen LogP contribution in [0.1, 0.15) is 42.6 Å². The number of hydrogen-bond donors (Lipinski definition) is 1. The molecule has 2 aromatic carbocycles. The summed E-state index contributed by atoms with van der Waals surface area (Å²) in [5, 5.41) is 14.0. The van der Waals surface area contributed by atoms with E-state index in [2.05, 4.69) is 10.3 Å². The van der Waals surface area contributed by atoms with Crippen molar-refractivity contribution >= 4 is 40.9 Å². The van der Waals surface area contributed by atoms with Crippen LogP contribution < -0.4 is 5.32 Å². The summed E-state index contributed by atoms with van der Waals surface area (Å²) in [5.74, 6) is -4.35. The van der Waals surface area contributed by atoms with Gasteiger partial charge in [0.2, 0.25) is 5.91 Å². The van der Waals surface area contributed by atoms with Gasteiger partial charge in [-0.3, -0.25) is 24.7 Å². The van der Waals surface area contributed by atoms with Gasteiger partial charge in [-0.25, -0.2) is 9.59 Å². The molecule has 1 aliphatic heterocycles. The maximum Gasteiger partial charge on any atom is 0.338 e. The molecule has 0 saturated heterocycles. The standard InChI is InChI=1S/C27H27N3O9/c1-15-22(26(33)37-4)24(19-6-5-7-21(14-19)30(35)36)23(16(2)28-15)27(34)39-13-12-38-25(32)18-8-10-20(11-9-18)29-17(3)31/h5-11,14,22,24H,12-13H2,1-4H3,(H,29,31)/t22?,24-/m1/s1. The molecular formula is C27H27N3O9. The van der Waals surface area contributed by atoms with Crippen LogP contribution in [0, 0.1) is 16.0 Å². The first-order chi connectivity index (χ1) is 18.5. The number of anilines is 1. The van der Waals surface area contributed by atoms with E-state index in [9.17, 15) is 29.3 Å². The van der Waals surface area contributed by atoms with Gasteiger partial charge in [-0.2, -0.15) is 0 Å². The number of methoxy groups -OCH3 is 1. The number of nitro groups is 1. The van der Waals surface area contributed by atoms with Gasteiger partial charge in [-0.15, -0.1) is 0 Å². The average Bonchev–Trinajstić information content (AvgIpc) is 2.90. The number of nitrogens with zero attached hydrogens (tertiary/aromatic N) is 2. The topological polar surface area (TPSA) is 164 Å². The summed E-state index contributed by atoms with van der Waals surface area (Å²) in [6.07, 6.45) is 0. The SMILES string of the molecule is COC(=O)C1C(C)=NC(C)=C(C(=O)OCCOC(=O)c2ccc(NC(C)=O)cc2)[C@@H]1c1cccc([N+](=O)[O-])c1. The first-order valence-corrected chi connectivity index (χ1v) is 11.8. The quantitative estimate of drug-likeness (QED) is 0.166. The van der Waals surface area contributed by atoms with E-state index in [1.54, 1.807) is 32.0 Å². The van der Waals surface area contributed by atoms with Crippen LogP contribution in [0.5, 0.6) is 0 Å². The molecule has 2 aromatic rings. The van der Waals surface area contributed by atoms with Gasteiger partial charge in [-0.05, 0) is 43.7 Å². The van der Waals surface area contributed by atoms with E-state index in [1.807, 2.05) is 0 Å². The second kappa shape index (κ2) is 12.6. The predicted molar refractivity (Wildman–Crippen MR) is 139 cm³/mol. The lowest BCUT2D eigenvalue weighted by molar-refractivity contribution is -0.384. The van der Waals surface area contributed by atoms with E-state index < -0.39 is 34.7 Å². The lowest BCUT2D eigenvalue weighted by atomic mass is 9.75. The van der Waals surface area contributed by atoms with E-state index in [4.69, 9.17) is 14.2 Å². The van der Waals surface area contributed by atoms with Gasteiger partial charge in [0.25, 0.3) is 5.69 Å². The van der Waals surface area contributed by atoms with E-state index in [-0.39, 0.29) is 41.6 Å². The summed E-state index contributed by atoms with van der Waals surface area (Å²) in [5.41, 5.74) is 1.59. The molecule has 0 saturated carbocycles. The minimum absolute atomic E-state index is 0.0383. The first-order valence-electron chi connectivity index (χ1n) is 11.8. The van der Waals surface area contributed by atoms with Crippen molar-refractivity contribution in [1.82, 2.24) is 0 Å².